The molecule has 4 aliphatic rings. The molecule has 6 heteroatoms. The Morgan fingerprint density at radius 3 is 2.70 bits per heavy atom. The number of carbonyl (C=O) groups is 2. The van der Waals surface area contributed by atoms with Crippen molar-refractivity contribution in [2.45, 2.75) is 97.0 Å². The van der Waals surface area contributed by atoms with Crippen molar-refractivity contribution in [2.75, 3.05) is 0 Å². The second-order valence-electron chi connectivity index (χ2n) is 11.5. The van der Waals surface area contributed by atoms with Gasteiger partial charge in [-0.25, -0.2) is 4.98 Å². The summed E-state index contributed by atoms with van der Waals surface area (Å²) in [5, 5.41) is 10.2. The van der Waals surface area contributed by atoms with Gasteiger partial charge in [0.25, 0.3) is 0 Å². The lowest BCUT2D eigenvalue weighted by atomic mass is 9.47. The molecule has 3 saturated carbocycles. The molecule has 0 saturated heterocycles. The van der Waals surface area contributed by atoms with Crippen LogP contribution in [0.5, 0.6) is 0 Å². The lowest BCUT2D eigenvalue weighted by molar-refractivity contribution is -0.154. The number of ether oxygens (including phenoxy) is 1. The Labute approximate surface area is 201 Å². The van der Waals surface area contributed by atoms with Gasteiger partial charge in [0.15, 0.2) is 0 Å². The van der Waals surface area contributed by atoms with Gasteiger partial charge >= 0.3 is 11.9 Å². The van der Waals surface area contributed by atoms with E-state index in [1.807, 2.05) is 17.5 Å². The number of esters is 1. The average molecular weight is 472 g/mol. The van der Waals surface area contributed by atoms with E-state index < -0.39 is 5.97 Å². The van der Waals surface area contributed by atoms with Gasteiger partial charge in [0.1, 0.15) is 6.10 Å². The van der Waals surface area contributed by atoms with E-state index in [1.54, 1.807) is 0 Å². The first-order valence-electron chi connectivity index (χ1n) is 12.7. The monoisotopic (exact) mass is 471 g/mol. The summed E-state index contributed by atoms with van der Waals surface area (Å²) in [6, 6.07) is 0. The van der Waals surface area contributed by atoms with E-state index in [-0.39, 0.29) is 30.3 Å². The molecule has 33 heavy (non-hydrogen) atoms. The Balaban J connectivity index is 1.30. The maximum atomic E-state index is 12.1. The zero-order chi connectivity index (χ0) is 23.4. The molecule has 5 rings (SSSR count). The van der Waals surface area contributed by atoms with E-state index in [4.69, 9.17) is 14.8 Å². The number of thiazole rings is 1. The van der Waals surface area contributed by atoms with Crippen LogP contribution in [0.4, 0.5) is 0 Å². The zero-order valence-corrected chi connectivity index (χ0v) is 21.0. The topological polar surface area (TPSA) is 76.5 Å². The van der Waals surface area contributed by atoms with E-state index in [0.29, 0.717) is 11.3 Å². The van der Waals surface area contributed by atoms with Crippen molar-refractivity contribution in [2.24, 2.45) is 28.6 Å². The minimum absolute atomic E-state index is 0.0348. The fourth-order valence-electron chi connectivity index (χ4n) is 8.12. The van der Waals surface area contributed by atoms with Crippen molar-refractivity contribution < 1.29 is 19.4 Å². The number of aryl methyl sites for hydroxylation is 1. The van der Waals surface area contributed by atoms with Crippen LogP contribution in [0.1, 0.15) is 93.9 Å². The fourth-order valence-corrected chi connectivity index (χ4v) is 9.19. The summed E-state index contributed by atoms with van der Waals surface area (Å²) in [5.74, 6) is 1.53. The van der Waals surface area contributed by atoms with Crippen molar-refractivity contribution in [3.8, 4) is 0 Å². The predicted octanol–water partition coefficient (Wildman–Crippen LogP) is 6.27. The normalized spacial score (nSPS) is 39.7. The third-order valence-corrected chi connectivity index (χ3v) is 10.9. The molecule has 7 atom stereocenters. The molecular formula is C27H37NO4S. The van der Waals surface area contributed by atoms with E-state index in [2.05, 4.69) is 26.8 Å². The van der Waals surface area contributed by atoms with E-state index >= 15 is 0 Å². The number of rotatable bonds is 5. The van der Waals surface area contributed by atoms with E-state index in [1.165, 1.54) is 41.1 Å². The highest BCUT2D eigenvalue weighted by atomic mass is 32.1. The number of hydrogen-bond donors (Lipinski definition) is 1. The van der Waals surface area contributed by atoms with Gasteiger partial charge < -0.3 is 9.84 Å². The molecule has 0 amide bonds. The minimum atomic E-state index is -0.951. The lowest BCUT2D eigenvalue weighted by Gasteiger charge is -2.58. The Morgan fingerprint density at radius 2 is 1.97 bits per heavy atom. The van der Waals surface area contributed by atoms with Gasteiger partial charge in [0.2, 0.25) is 0 Å². The molecule has 4 aliphatic carbocycles. The summed E-state index contributed by atoms with van der Waals surface area (Å²) in [6.45, 7) is 7.19. The highest BCUT2D eigenvalue weighted by Crippen LogP contribution is 2.68. The first-order valence-corrected chi connectivity index (χ1v) is 13.6. The van der Waals surface area contributed by atoms with Crippen LogP contribution >= 0.6 is 11.3 Å². The zero-order valence-electron chi connectivity index (χ0n) is 20.1. The molecule has 0 aliphatic heterocycles. The maximum Gasteiger partial charge on any atom is 0.306 e. The quantitative estimate of drug-likeness (QED) is 0.404. The molecule has 0 radical (unpaired) electrons. The second kappa shape index (κ2) is 8.51. The molecule has 1 N–H and O–H groups in total. The molecule has 1 aromatic rings. The summed E-state index contributed by atoms with van der Waals surface area (Å²) in [7, 11) is 0. The summed E-state index contributed by atoms with van der Waals surface area (Å²) >= 11 is 1.90. The van der Waals surface area contributed by atoms with Crippen molar-refractivity contribution in [3.63, 3.8) is 0 Å². The van der Waals surface area contributed by atoms with Crippen molar-refractivity contribution >= 4 is 23.3 Å². The third kappa shape index (κ3) is 3.96. The number of fused-ring (bicyclic) bond motifs is 5. The van der Waals surface area contributed by atoms with Gasteiger partial charge in [0.05, 0.1) is 17.8 Å². The first-order chi connectivity index (χ1) is 15.7. The molecule has 7 unspecified atom stereocenters. The van der Waals surface area contributed by atoms with E-state index in [9.17, 15) is 9.59 Å². The van der Waals surface area contributed by atoms with Gasteiger partial charge in [-0.2, -0.15) is 0 Å². The lowest BCUT2D eigenvalue weighted by Crippen LogP contribution is -2.50. The smallest absolute Gasteiger partial charge is 0.306 e. The van der Waals surface area contributed by atoms with Gasteiger partial charge in [-0.1, -0.05) is 25.5 Å². The Bertz CT molecular complexity index is 969. The molecule has 1 heterocycles. The number of nitrogens with zero attached hydrogens (tertiary/aromatic N) is 1. The molecular weight excluding hydrogens is 434 g/mol. The minimum Gasteiger partial charge on any atom is -0.481 e. The highest BCUT2D eigenvalue weighted by Gasteiger charge is 2.59. The number of carbonyl (C=O) groups excluding carboxylic acids is 1. The molecule has 3 fully saturated rings. The summed E-state index contributed by atoms with van der Waals surface area (Å²) in [6.07, 6.45) is 13.4. The van der Waals surface area contributed by atoms with E-state index in [0.717, 1.165) is 43.4 Å². The summed E-state index contributed by atoms with van der Waals surface area (Å²) in [5.41, 5.74) is 2.06. The largest absolute Gasteiger partial charge is 0.481 e. The van der Waals surface area contributed by atoms with Crippen LogP contribution in [-0.4, -0.2) is 28.1 Å². The van der Waals surface area contributed by atoms with Crippen LogP contribution in [0, 0.1) is 35.5 Å². The highest BCUT2D eigenvalue weighted by molar-refractivity contribution is 7.11. The van der Waals surface area contributed by atoms with Gasteiger partial charge in [0, 0.05) is 23.4 Å². The van der Waals surface area contributed by atoms with Gasteiger partial charge in [-0.05, 0) is 80.5 Å². The fraction of sp³-hybridized carbons (Fsp3) is 0.741. The van der Waals surface area contributed by atoms with Crippen molar-refractivity contribution in [3.05, 3.63) is 27.7 Å². The first kappa shape index (κ1) is 23.1. The molecule has 0 bridgehead atoms. The molecule has 0 aromatic carbocycles. The van der Waals surface area contributed by atoms with Gasteiger partial charge in [-0.3, -0.25) is 9.59 Å². The standard InChI is InChI=1S/C27H37NO4S/c1-16-15-28-25(33-16)22-7-6-20-19-5-4-17-14-18(32-24(31)9-8-23(29)30)10-12-26(17,2)21(19)11-13-27(20,22)3/h4,15,18-22H,5-14H2,1-3H3,(H,29,30). The SMILES string of the molecule is Cc1cnc(C2CCC3C4CC=C5CC(OC(=O)CCC(=O)O)CCC5(C)C4CCC23C)s1. The number of aromatic nitrogens is 1. The van der Waals surface area contributed by atoms with Crippen molar-refractivity contribution in [1.82, 2.24) is 4.98 Å². The Morgan fingerprint density at radius 1 is 1.15 bits per heavy atom. The van der Waals surface area contributed by atoms with Crippen LogP contribution in [0.25, 0.3) is 0 Å². The number of carboxylic acid groups (broad SMARTS) is 1. The second-order valence-corrected chi connectivity index (χ2v) is 12.8. The van der Waals surface area contributed by atoms with Crippen molar-refractivity contribution in [1.29, 1.82) is 0 Å². The summed E-state index contributed by atoms with van der Waals surface area (Å²) in [4.78, 5) is 29.0. The van der Waals surface area contributed by atoms with Gasteiger partial charge in [-0.15, -0.1) is 11.3 Å². The summed E-state index contributed by atoms with van der Waals surface area (Å²) < 4.78 is 5.67. The number of hydrogen-bond acceptors (Lipinski definition) is 5. The van der Waals surface area contributed by atoms with Crippen LogP contribution in [0.3, 0.4) is 0 Å². The maximum absolute atomic E-state index is 12.1. The Kier molecular flexibility index (Phi) is 5.95. The van der Waals surface area contributed by atoms with Crippen LogP contribution in [0.15, 0.2) is 17.8 Å². The van der Waals surface area contributed by atoms with Crippen LogP contribution < -0.4 is 0 Å². The number of carboxylic acids is 1. The molecule has 1 aromatic heterocycles. The third-order valence-electron chi connectivity index (χ3n) is 9.84. The molecule has 0 spiro atoms. The Hall–Kier alpha value is -1.69. The number of allylic oxidation sites excluding steroid dienone is 1. The van der Waals surface area contributed by atoms with Crippen LogP contribution in [-0.2, 0) is 14.3 Å². The molecule has 5 nitrogen and oxygen atoms in total. The molecule has 180 valence electrons. The number of aliphatic carboxylic acids is 1. The predicted molar refractivity (Wildman–Crippen MR) is 128 cm³/mol. The van der Waals surface area contributed by atoms with Crippen LogP contribution in [0.2, 0.25) is 0 Å². The average Bonchev–Trinajstić information content (AvgIpc) is 3.34.